The van der Waals surface area contributed by atoms with Gasteiger partial charge in [0.25, 0.3) is 0 Å². The Labute approximate surface area is 115 Å². The second-order valence-corrected chi connectivity index (χ2v) is 6.21. The summed E-state index contributed by atoms with van der Waals surface area (Å²) in [7, 11) is 0. The van der Waals surface area contributed by atoms with Gasteiger partial charge in [0.15, 0.2) is 0 Å². The maximum atomic E-state index is 12.9. The summed E-state index contributed by atoms with van der Waals surface area (Å²) in [6, 6.07) is 9.35. The van der Waals surface area contributed by atoms with Crippen LogP contribution in [-0.2, 0) is 11.2 Å². The largest absolute Gasteiger partial charge is 0.337 e. The van der Waals surface area contributed by atoms with Crippen LogP contribution in [0.2, 0.25) is 0 Å². The number of amides is 1. The predicted octanol–water partition coefficient (Wildman–Crippen LogP) is 3.51. The molecule has 102 valence electrons. The zero-order valence-corrected chi connectivity index (χ0v) is 11.9. The van der Waals surface area contributed by atoms with Crippen LogP contribution in [0.1, 0.15) is 56.6 Å². The first-order valence-electron chi connectivity index (χ1n) is 7.58. The molecule has 1 fully saturated rings. The van der Waals surface area contributed by atoms with Gasteiger partial charge < -0.3 is 4.90 Å². The zero-order chi connectivity index (χ0) is 13.4. The topological polar surface area (TPSA) is 20.3 Å². The van der Waals surface area contributed by atoms with Crippen molar-refractivity contribution in [2.45, 2.75) is 64.0 Å². The molecule has 0 saturated heterocycles. The van der Waals surface area contributed by atoms with E-state index in [1.54, 1.807) is 0 Å². The number of hydrogen-bond donors (Lipinski definition) is 0. The first-order valence-corrected chi connectivity index (χ1v) is 7.58. The van der Waals surface area contributed by atoms with Gasteiger partial charge in [-0.2, -0.15) is 0 Å². The summed E-state index contributed by atoms with van der Waals surface area (Å²) in [5.41, 5.74) is 2.66. The van der Waals surface area contributed by atoms with E-state index in [0.29, 0.717) is 18.0 Å². The summed E-state index contributed by atoms with van der Waals surface area (Å²) < 4.78 is 0. The first kappa shape index (κ1) is 12.7. The molecule has 1 saturated carbocycles. The monoisotopic (exact) mass is 257 g/mol. The normalized spacial score (nSPS) is 22.2. The number of rotatable bonds is 3. The van der Waals surface area contributed by atoms with Crippen molar-refractivity contribution in [3.05, 3.63) is 35.4 Å². The third-order valence-electron chi connectivity index (χ3n) is 4.42. The Bertz CT molecular complexity index is 474. The first-order chi connectivity index (χ1) is 9.18. The van der Waals surface area contributed by atoms with Crippen LogP contribution in [0.4, 0.5) is 0 Å². The molecule has 3 rings (SSSR count). The molecule has 0 bridgehead atoms. The van der Waals surface area contributed by atoms with Crippen LogP contribution >= 0.6 is 0 Å². The highest BCUT2D eigenvalue weighted by Crippen LogP contribution is 2.37. The second-order valence-electron chi connectivity index (χ2n) is 6.21. The molecule has 19 heavy (non-hydrogen) atoms. The number of benzene rings is 1. The van der Waals surface area contributed by atoms with Crippen LogP contribution < -0.4 is 0 Å². The number of nitrogens with zero attached hydrogens (tertiary/aromatic N) is 1. The van der Waals surface area contributed by atoms with E-state index in [1.807, 2.05) is 0 Å². The minimum atomic E-state index is 0.105. The summed E-state index contributed by atoms with van der Waals surface area (Å²) in [5, 5.41) is 0. The van der Waals surface area contributed by atoms with Gasteiger partial charge >= 0.3 is 0 Å². The fourth-order valence-corrected chi connectivity index (χ4v) is 3.40. The van der Waals surface area contributed by atoms with Gasteiger partial charge in [0, 0.05) is 12.1 Å². The van der Waals surface area contributed by atoms with E-state index >= 15 is 0 Å². The van der Waals surface area contributed by atoms with Crippen molar-refractivity contribution in [2.24, 2.45) is 0 Å². The minimum Gasteiger partial charge on any atom is -0.337 e. The SMILES string of the molecule is CC(C)N(C(=O)C1CCCc2ccccc21)C1CC1. The Hall–Kier alpha value is -1.31. The molecule has 1 amide bonds. The predicted molar refractivity (Wildman–Crippen MR) is 77.1 cm³/mol. The lowest BCUT2D eigenvalue weighted by Gasteiger charge is -2.33. The van der Waals surface area contributed by atoms with Gasteiger partial charge in [-0.05, 0) is 57.1 Å². The Kier molecular flexibility index (Phi) is 3.34. The molecule has 2 nitrogen and oxygen atoms in total. The van der Waals surface area contributed by atoms with Gasteiger partial charge in [-0.25, -0.2) is 0 Å². The smallest absolute Gasteiger partial charge is 0.230 e. The number of hydrogen-bond acceptors (Lipinski definition) is 1. The summed E-state index contributed by atoms with van der Waals surface area (Å²) in [4.78, 5) is 15.1. The highest BCUT2D eigenvalue weighted by molar-refractivity contribution is 5.85. The van der Waals surface area contributed by atoms with E-state index in [-0.39, 0.29) is 5.92 Å². The molecule has 0 N–H and O–H groups in total. The zero-order valence-electron chi connectivity index (χ0n) is 11.9. The maximum absolute atomic E-state index is 12.9. The lowest BCUT2D eigenvalue weighted by Crippen LogP contribution is -2.42. The molecule has 1 aromatic carbocycles. The molecule has 1 unspecified atom stereocenters. The fraction of sp³-hybridized carbons (Fsp3) is 0.588. The molecule has 0 spiro atoms. The van der Waals surface area contributed by atoms with Gasteiger partial charge in [-0.3, -0.25) is 4.79 Å². The standard InChI is InChI=1S/C17H23NO/c1-12(2)18(14-10-11-14)17(19)16-9-5-7-13-6-3-4-8-15(13)16/h3-4,6,8,12,14,16H,5,7,9-11H2,1-2H3. The van der Waals surface area contributed by atoms with Crippen molar-refractivity contribution in [2.75, 3.05) is 0 Å². The van der Waals surface area contributed by atoms with Gasteiger partial charge in [0.1, 0.15) is 0 Å². The fourth-order valence-electron chi connectivity index (χ4n) is 3.40. The maximum Gasteiger partial charge on any atom is 0.230 e. The van der Waals surface area contributed by atoms with E-state index < -0.39 is 0 Å². The molecule has 2 heteroatoms. The van der Waals surface area contributed by atoms with Crippen LogP contribution in [0.25, 0.3) is 0 Å². The molecule has 1 aromatic rings. The van der Waals surface area contributed by atoms with Crippen molar-refractivity contribution in [1.29, 1.82) is 0 Å². The highest BCUT2D eigenvalue weighted by atomic mass is 16.2. The average molecular weight is 257 g/mol. The Morgan fingerprint density at radius 3 is 2.63 bits per heavy atom. The van der Waals surface area contributed by atoms with E-state index in [1.165, 1.54) is 24.0 Å². The second kappa shape index (κ2) is 4.99. The molecule has 0 radical (unpaired) electrons. The molecular weight excluding hydrogens is 234 g/mol. The van der Waals surface area contributed by atoms with Crippen molar-refractivity contribution in [3.8, 4) is 0 Å². The molecule has 2 aliphatic rings. The minimum absolute atomic E-state index is 0.105. The molecule has 0 heterocycles. The molecule has 1 atom stereocenters. The molecule has 0 aliphatic heterocycles. The van der Waals surface area contributed by atoms with Crippen LogP contribution in [0.15, 0.2) is 24.3 Å². The van der Waals surface area contributed by atoms with Gasteiger partial charge in [-0.1, -0.05) is 24.3 Å². The quantitative estimate of drug-likeness (QED) is 0.811. The van der Waals surface area contributed by atoms with Gasteiger partial charge in [-0.15, -0.1) is 0 Å². The number of carbonyl (C=O) groups is 1. The van der Waals surface area contributed by atoms with Crippen molar-refractivity contribution >= 4 is 5.91 Å². The third kappa shape index (κ3) is 2.41. The van der Waals surface area contributed by atoms with E-state index in [0.717, 1.165) is 19.3 Å². The highest BCUT2D eigenvalue weighted by Gasteiger charge is 2.38. The lowest BCUT2D eigenvalue weighted by atomic mass is 9.82. The van der Waals surface area contributed by atoms with Crippen molar-refractivity contribution < 1.29 is 4.79 Å². The lowest BCUT2D eigenvalue weighted by molar-refractivity contribution is -0.135. The number of aryl methyl sites for hydroxylation is 1. The Balaban J connectivity index is 1.88. The molecular formula is C17H23NO. The number of fused-ring (bicyclic) bond motifs is 1. The van der Waals surface area contributed by atoms with Crippen LogP contribution in [-0.4, -0.2) is 22.9 Å². The Morgan fingerprint density at radius 1 is 1.21 bits per heavy atom. The third-order valence-corrected chi connectivity index (χ3v) is 4.42. The summed E-state index contributed by atoms with van der Waals surface area (Å²) in [6.07, 6.45) is 5.68. The average Bonchev–Trinajstić information content (AvgIpc) is 3.22. The van der Waals surface area contributed by atoms with E-state index in [9.17, 15) is 4.79 Å². The van der Waals surface area contributed by atoms with Crippen molar-refractivity contribution in [3.63, 3.8) is 0 Å². The van der Waals surface area contributed by atoms with Crippen LogP contribution in [0.5, 0.6) is 0 Å². The number of carbonyl (C=O) groups excluding carboxylic acids is 1. The van der Waals surface area contributed by atoms with Crippen molar-refractivity contribution in [1.82, 2.24) is 4.90 Å². The van der Waals surface area contributed by atoms with Crippen LogP contribution in [0, 0.1) is 0 Å². The van der Waals surface area contributed by atoms with Gasteiger partial charge in [0.05, 0.1) is 5.92 Å². The van der Waals surface area contributed by atoms with Crippen LogP contribution in [0.3, 0.4) is 0 Å². The molecule has 2 aliphatic carbocycles. The van der Waals surface area contributed by atoms with E-state index in [2.05, 4.69) is 43.0 Å². The molecule has 0 aromatic heterocycles. The Morgan fingerprint density at radius 2 is 1.95 bits per heavy atom. The summed E-state index contributed by atoms with van der Waals surface area (Å²) in [5.74, 6) is 0.470. The van der Waals surface area contributed by atoms with Gasteiger partial charge in [0.2, 0.25) is 5.91 Å². The summed E-state index contributed by atoms with van der Waals surface area (Å²) in [6.45, 7) is 4.29. The van der Waals surface area contributed by atoms with E-state index in [4.69, 9.17) is 0 Å². The summed E-state index contributed by atoms with van der Waals surface area (Å²) >= 11 is 0.